The number of benzene rings is 1. The number of hydrogen-bond acceptors (Lipinski definition) is 3. The second kappa shape index (κ2) is 6.50. The summed E-state index contributed by atoms with van der Waals surface area (Å²) >= 11 is 1.65. The smallest absolute Gasteiger partial charge is 0.241 e. The monoisotopic (exact) mass is 242 g/mol. The summed E-state index contributed by atoms with van der Waals surface area (Å²) in [4.78, 5) is 11.6. The molecule has 1 aromatic carbocycles. The average molecular weight is 242 g/mol. The van der Waals surface area contributed by atoms with Crippen molar-refractivity contribution in [3.05, 3.63) is 30.1 Å². The molecule has 16 heavy (non-hydrogen) atoms. The highest BCUT2D eigenvalue weighted by Crippen LogP contribution is 2.09. The number of carbonyl (C=O) groups is 1. The highest BCUT2D eigenvalue weighted by atomic mass is 32.2. The fraction of sp³-hybridized carbons (Fsp3) is 0.364. The van der Waals surface area contributed by atoms with Gasteiger partial charge in [-0.15, -0.1) is 0 Å². The highest BCUT2D eigenvalue weighted by molar-refractivity contribution is 7.98. The Morgan fingerprint density at radius 2 is 2.12 bits per heavy atom. The van der Waals surface area contributed by atoms with Gasteiger partial charge in [0.05, 0.1) is 6.04 Å². The molecular formula is C11H15FN2OS. The largest absolute Gasteiger partial charge is 0.325 e. The van der Waals surface area contributed by atoms with Crippen LogP contribution in [0.15, 0.2) is 24.3 Å². The van der Waals surface area contributed by atoms with Crippen LogP contribution in [-0.2, 0) is 4.79 Å². The van der Waals surface area contributed by atoms with Gasteiger partial charge in [-0.2, -0.15) is 11.8 Å². The lowest BCUT2D eigenvalue weighted by Crippen LogP contribution is -2.36. The lowest BCUT2D eigenvalue weighted by atomic mass is 10.2. The minimum atomic E-state index is -0.516. The molecule has 88 valence electrons. The normalized spacial score (nSPS) is 12.2. The third kappa shape index (κ3) is 4.20. The molecule has 1 amide bonds. The van der Waals surface area contributed by atoms with Crippen LogP contribution in [0.5, 0.6) is 0 Å². The molecule has 3 nitrogen and oxygen atoms in total. The van der Waals surface area contributed by atoms with Crippen molar-refractivity contribution in [3.8, 4) is 0 Å². The van der Waals surface area contributed by atoms with Crippen molar-refractivity contribution in [1.29, 1.82) is 0 Å². The van der Waals surface area contributed by atoms with E-state index in [9.17, 15) is 9.18 Å². The lowest BCUT2D eigenvalue weighted by Gasteiger charge is -2.11. The van der Waals surface area contributed by atoms with Gasteiger partial charge in [-0.3, -0.25) is 4.79 Å². The van der Waals surface area contributed by atoms with Crippen LogP contribution >= 0.6 is 11.8 Å². The van der Waals surface area contributed by atoms with Crippen molar-refractivity contribution in [1.82, 2.24) is 0 Å². The molecule has 1 atom stereocenters. The highest BCUT2D eigenvalue weighted by Gasteiger charge is 2.12. The van der Waals surface area contributed by atoms with E-state index in [0.717, 1.165) is 5.75 Å². The predicted molar refractivity (Wildman–Crippen MR) is 66.0 cm³/mol. The summed E-state index contributed by atoms with van der Waals surface area (Å²) in [7, 11) is 0. The zero-order chi connectivity index (χ0) is 12.0. The quantitative estimate of drug-likeness (QED) is 0.828. The number of rotatable bonds is 5. The van der Waals surface area contributed by atoms with E-state index >= 15 is 0 Å². The standard InChI is InChI=1S/C11H15FN2OS/c1-16-7-6-10(13)11(15)14-9-4-2-8(12)3-5-9/h2-5,10H,6-7,13H2,1H3,(H,14,15)/t10-/m0/s1. The fourth-order valence-corrected chi connectivity index (χ4v) is 1.63. The van der Waals surface area contributed by atoms with Crippen molar-refractivity contribution >= 4 is 23.4 Å². The van der Waals surface area contributed by atoms with Crippen LogP contribution in [0.25, 0.3) is 0 Å². The van der Waals surface area contributed by atoms with E-state index in [2.05, 4.69) is 5.32 Å². The number of halogens is 1. The summed E-state index contributed by atoms with van der Waals surface area (Å²) < 4.78 is 12.6. The van der Waals surface area contributed by atoms with E-state index in [0.29, 0.717) is 12.1 Å². The summed E-state index contributed by atoms with van der Waals surface area (Å²) in [5.41, 5.74) is 6.24. The Kier molecular flexibility index (Phi) is 5.28. The van der Waals surface area contributed by atoms with Crippen LogP contribution in [0, 0.1) is 5.82 Å². The lowest BCUT2D eigenvalue weighted by molar-refractivity contribution is -0.117. The molecule has 3 N–H and O–H groups in total. The Morgan fingerprint density at radius 1 is 1.50 bits per heavy atom. The molecule has 0 saturated carbocycles. The van der Waals surface area contributed by atoms with Gasteiger partial charge in [0, 0.05) is 5.69 Å². The van der Waals surface area contributed by atoms with Crippen LogP contribution < -0.4 is 11.1 Å². The number of amides is 1. The molecule has 1 rings (SSSR count). The molecule has 0 aliphatic carbocycles. The topological polar surface area (TPSA) is 55.1 Å². The average Bonchev–Trinajstić information content (AvgIpc) is 2.29. The van der Waals surface area contributed by atoms with Gasteiger partial charge in [-0.05, 0) is 42.7 Å². The van der Waals surface area contributed by atoms with E-state index in [1.54, 1.807) is 11.8 Å². The SMILES string of the molecule is CSCC[C@H](N)C(=O)Nc1ccc(F)cc1. The Morgan fingerprint density at radius 3 is 2.69 bits per heavy atom. The third-order valence-corrected chi connectivity index (χ3v) is 2.73. The molecule has 0 fully saturated rings. The Hall–Kier alpha value is -1.07. The number of hydrogen-bond donors (Lipinski definition) is 2. The Labute approximate surface area is 98.6 Å². The summed E-state index contributed by atoms with van der Waals surface area (Å²) in [6.07, 6.45) is 2.60. The maximum atomic E-state index is 12.6. The van der Waals surface area contributed by atoms with E-state index in [1.165, 1.54) is 24.3 Å². The second-order valence-corrected chi connectivity index (χ2v) is 4.37. The van der Waals surface area contributed by atoms with Gasteiger partial charge in [0.25, 0.3) is 0 Å². The van der Waals surface area contributed by atoms with Crippen molar-refractivity contribution in [2.75, 3.05) is 17.3 Å². The van der Waals surface area contributed by atoms with Gasteiger partial charge in [0.2, 0.25) is 5.91 Å². The van der Waals surface area contributed by atoms with Gasteiger partial charge in [-0.1, -0.05) is 0 Å². The zero-order valence-electron chi connectivity index (χ0n) is 9.07. The number of thioether (sulfide) groups is 1. The van der Waals surface area contributed by atoms with Gasteiger partial charge in [-0.25, -0.2) is 4.39 Å². The molecule has 0 bridgehead atoms. The maximum absolute atomic E-state index is 12.6. The van der Waals surface area contributed by atoms with Gasteiger partial charge in [0.15, 0.2) is 0 Å². The minimum absolute atomic E-state index is 0.236. The second-order valence-electron chi connectivity index (χ2n) is 3.38. The van der Waals surface area contributed by atoms with Gasteiger partial charge in [0.1, 0.15) is 5.82 Å². The van der Waals surface area contributed by atoms with Gasteiger partial charge >= 0.3 is 0 Å². The van der Waals surface area contributed by atoms with Crippen LogP contribution in [0.1, 0.15) is 6.42 Å². The van der Waals surface area contributed by atoms with Gasteiger partial charge < -0.3 is 11.1 Å². The molecule has 1 aromatic rings. The van der Waals surface area contributed by atoms with Crippen molar-refractivity contribution in [2.24, 2.45) is 5.73 Å². The third-order valence-electron chi connectivity index (χ3n) is 2.08. The molecule has 0 unspecified atom stereocenters. The molecule has 0 radical (unpaired) electrons. The van der Waals surface area contributed by atoms with E-state index < -0.39 is 6.04 Å². The molecule has 0 aliphatic rings. The summed E-state index contributed by atoms with van der Waals surface area (Å²) in [6, 6.07) is 5.09. The van der Waals surface area contributed by atoms with Crippen LogP contribution in [-0.4, -0.2) is 24.0 Å². The van der Waals surface area contributed by atoms with Crippen LogP contribution in [0.4, 0.5) is 10.1 Å². The van der Waals surface area contributed by atoms with Crippen LogP contribution in [0.3, 0.4) is 0 Å². The number of nitrogens with one attached hydrogen (secondary N) is 1. The Balaban J connectivity index is 2.47. The molecular weight excluding hydrogens is 227 g/mol. The van der Waals surface area contributed by atoms with Crippen molar-refractivity contribution in [3.63, 3.8) is 0 Å². The molecule has 0 saturated heterocycles. The van der Waals surface area contributed by atoms with Crippen molar-refractivity contribution in [2.45, 2.75) is 12.5 Å². The molecule has 0 heterocycles. The number of anilines is 1. The molecule has 0 spiro atoms. The van der Waals surface area contributed by atoms with E-state index in [-0.39, 0.29) is 11.7 Å². The Bertz CT molecular complexity index is 342. The predicted octanol–water partition coefficient (Wildman–Crippen LogP) is 1.84. The summed E-state index contributed by atoms with van der Waals surface area (Å²) in [5.74, 6) is 0.281. The molecule has 0 aromatic heterocycles. The van der Waals surface area contributed by atoms with E-state index in [1.807, 2.05) is 6.26 Å². The van der Waals surface area contributed by atoms with Crippen molar-refractivity contribution < 1.29 is 9.18 Å². The van der Waals surface area contributed by atoms with E-state index in [4.69, 9.17) is 5.73 Å². The number of carbonyl (C=O) groups excluding carboxylic acids is 1. The first kappa shape index (κ1) is 13.0. The fourth-order valence-electron chi connectivity index (χ4n) is 1.14. The zero-order valence-corrected chi connectivity index (χ0v) is 9.89. The first-order chi connectivity index (χ1) is 7.63. The first-order valence-corrected chi connectivity index (χ1v) is 6.34. The summed E-state index contributed by atoms with van der Waals surface area (Å²) in [5, 5.41) is 2.64. The molecule has 5 heteroatoms. The molecule has 0 aliphatic heterocycles. The number of nitrogens with two attached hydrogens (primary N) is 1. The summed E-state index contributed by atoms with van der Waals surface area (Å²) in [6.45, 7) is 0. The minimum Gasteiger partial charge on any atom is -0.325 e. The first-order valence-electron chi connectivity index (χ1n) is 4.94. The maximum Gasteiger partial charge on any atom is 0.241 e. The van der Waals surface area contributed by atoms with Crippen LogP contribution in [0.2, 0.25) is 0 Å².